The van der Waals surface area contributed by atoms with Crippen LogP contribution in [-0.4, -0.2) is 46.3 Å². The smallest absolute Gasteiger partial charge is 0.273 e. The number of pyridine rings is 1. The second-order valence-electron chi connectivity index (χ2n) is 5.64. The minimum Gasteiger partial charge on any atom is -0.480 e. The van der Waals surface area contributed by atoms with Gasteiger partial charge in [-0.15, -0.1) is 10.2 Å². The normalized spacial score (nSPS) is 10.8. The van der Waals surface area contributed by atoms with Crippen molar-refractivity contribution >= 4 is 17.4 Å². The monoisotopic (exact) mass is 374 g/mol. The molecule has 0 bridgehead atoms. The minimum absolute atomic E-state index is 0.0169. The number of anilines is 1. The van der Waals surface area contributed by atoms with Crippen LogP contribution >= 0.6 is 0 Å². The van der Waals surface area contributed by atoms with Crippen LogP contribution in [0.2, 0.25) is 0 Å². The van der Waals surface area contributed by atoms with Gasteiger partial charge in [0.05, 0.1) is 25.3 Å². The molecule has 3 aromatic rings. The molecular weight excluding hydrogens is 355 g/mol. The number of carbonyl (C=O) groups is 1. The summed E-state index contributed by atoms with van der Waals surface area (Å²) in [4.78, 5) is 16.6. The van der Waals surface area contributed by atoms with Crippen molar-refractivity contribution in [2.45, 2.75) is 13.3 Å². The number of fused-ring (bicyclic) bond motifs is 1. The van der Waals surface area contributed by atoms with Gasteiger partial charge in [-0.2, -0.15) is 0 Å². The first-order valence-corrected chi connectivity index (χ1v) is 8.22. The molecule has 3 heterocycles. The highest BCUT2D eigenvalue weighted by molar-refractivity contribution is 5.99. The SMILES string of the molecule is CCCNC(=O)c1nc2c(-c3cc(OC)nnc3OC)c(F)ccn2c1N. The first-order valence-electron chi connectivity index (χ1n) is 8.22. The van der Waals surface area contributed by atoms with E-state index in [1.54, 1.807) is 0 Å². The van der Waals surface area contributed by atoms with Crippen LogP contribution in [0.1, 0.15) is 23.8 Å². The molecule has 1 amide bonds. The lowest BCUT2D eigenvalue weighted by atomic mass is 10.1. The number of aromatic nitrogens is 4. The van der Waals surface area contributed by atoms with Crippen LogP contribution < -0.4 is 20.5 Å². The van der Waals surface area contributed by atoms with Crippen molar-refractivity contribution < 1.29 is 18.7 Å². The summed E-state index contributed by atoms with van der Waals surface area (Å²) in [6.45, 7) is 2.41. The fourth-order valence-corrected chi connectivity index (χ4v) is 2.63. The second-order valence-corrected chi connectivity index (χ2v) is 5.64. The van der Waals surface area contributed by atoms with E-state index in [-0.39, 0.29) is 40.0 Å². The summed E-state index contributed by atoms with van der Waals surface area (Å²) >= 11 is 0. The molecule has 27 heavy (non-hydrogen) atoms. The highest BCUT2D eigenvalue weighted by Gasteiger charge is 2.24. The highest BCUT2D eigenvalue weighted by atomic mass is 19.1. The van der Waals surface area contributed by atoms with E-state index in [1.165, 1.54) is 36.9 Å². The molecule has 0 saturated heterocycles. The summed E-state index contributed by atoms with van der Waals surface area (Å²) in [6, 6.07) is 2.70. The van der Waals surface area contributed by atoms with Crippen LogP contribution in [0.3, 0.4) is 0 Å². The van der Waals surface area contributed by atoms with Crippen LogP contribution in [-0.2, 0) is 0 Å². The van der Waals surface area contributed by atoms with Gasteiger partial charge in [0.1, 0.15) is 17.3 Å². The largest absolute Gasteiger partial charge is 0.480 e. The quantitative estimate of drug-likeness (QED) is 0.674. The molecule has 0 aliphatic rings. The second kappa shape index (κ2) is 7.44. The van der Waals surface area contributed by atoms with Gasteiger partial charge in [-0.1, -0.05) is 6.92 Å². The van der Waals surface area contributed by atoms with Crippen LogP contribution in [0, 0.1) is 5.82 Å². The lowest BCUT2D eigenvalue weighted by molar-refractivity contribution is 0.0950. The van der Waals surface area contributed by atoms with Crippen LogP contribution in [0.5, 0.6) is 11.8 Å². The lowest BCUT2D eigenvalue weighted by Gasteiger charge is -2.10. The molecule has 10 heteroatoms. The predicted octanol–water partition coefficient (Wildman–Crippen LogP) is 1.67. The van der Waals surface area contributed by atoms with Crippen molar-refractivity contribution in [1.29, 1.82) is 0 Å². The van der Waals surface area contributed by atoms with Gasteiger partial charge in [0.15, 0.2) is 5.69 Å². The molecular formula is C17H19FN6O3. The molecule has 0 unspecified atom stereocenters. The van der Waals surface area contributed by atoms with Crippen LogP contribution in [0.25, 0.3) is 16.8 Å². The van der Waals surface area contributed by atoms with Gasteiger partial charge in [-0.25, -0.2) is 9.37 Å². The zero-order valence-electron chi connectivity index (χ0n) is 15.1. The third-order valence-corrected chi connectivity index (χ3v) is 3.94. The van der Waals surface area contributed by atoms with Crippen molar-refractivity contribution in [2.24, 2.45) is 0 Å². The predicted molar refractivity (Wildman–Crippen MR) is 96.3 cm³/mol. The number of nitrogens with zero attached hydrogens (tertiary/aromatic N) is 4. The van der Waals surface area contributed by atoms with E-state index < -0.39 is 11.7 Å². The maximum atomic E-state index is 14.8. The number of nitrogens with one attached hydrogen (secondary N) is 1. The van der Waals surface area contributed by atoms with Crippen molar-refractivity contribution in [2.75, 3.05) is 26.5 Å². The van der Waals surface area contributed by atoms with E-state index >= 15 is 0 Å². The number of nitrogens with two attached hydrogens (primary N) is 1. The number of carbonyl (C=O) groups excluding carboxylic acids is 1. The molecule has 0 aliphatic heterocycles. The Morgan fingerprint density at radius 2 is 2.11 bits per heavy atom. The molecule has 0 saturated carbocycles. The Bertz CT molecular complexity index is 1000. The Morgan fingerprint density at radius 1 is 1.33 bits per heavy atom. The maximum absolute atomic E-state index is 14.8. The van der Waals surface area contributed by atoms with Crippen molar-refractivity contribution in [1.82, 2.24) is 24.9 Å². The topological polar surface area (TPSA) is 117 Å². The molecule has 3 aromatic heterocycles. The van der Waals surface area contributed by atoms with Crippen molar-refractivity contribution in [3.63, 3.8) is 0 Å². The van der Waals surface area contributed by atoms with Gasteiger partial charge >= 0.3 is 0 Å². The Morgan fingerprint density at radius 3 is 2.78 bits per heavy atom. The fourth-order valence-electron chi connectivity index (χ4n) is 2.63. The van der Waals surface area contributed by atoms with Crippen LogP contribution in [0.4, 0.5) is 10.2 Å². The number of halogens is 1. The van der Waals surface area contributed by atoms with Crippen molar-refractivity contribution in [3.05, 3.63) is 29.8 Å². The van der Waals surface area contributed by atoms with Gasteiger partial charge in [-0.3, -0.25) is 9.20 Å². The standard InChI is InChI=1S/C17H19FN6O3/c1-4-6-20-16(25)13-14(19)24-7-5-10(18)12(15(24)21-13)9-8-11(26-2)22-23-17(9)27-3/h5,7-8H,4,6,19H2,1-3H3,(H,20,25). The van der Waals surface area contributed by atoms with E-state index in [4.69, 9.17) is 15.2 Å². The number of hydrogen-bond donors (Lipinski definition) is 2. The number of nitrogen functional groups attached to an aromatic ring is 1. The van der Waals surface area contributed by atoms with Gasteiger partial charge < -0.3 is 20.5 Å². The molecule has 0 aromatic carbocycles. The van der Waals surface area contributed by atoms with E-state index in [0.29, 0.717) is 6.54 Å². The maximum Gasteiger partial charge on any atom is 0.273 e. The highest BCUT2D eigenvalue weighted by Crippen LogP contribution is 2.35. The first-order chi connectivity index (χ1) is 13.0. The Hall–Kier alpha value is -3.43. The minimum atomic E-state index is -0.582. The van der Waals surface area contributed by atoms with Gasteiger partial charge in [0, 0.05) is 18.8 Å². The van der Waals surface area contributed by atoms with E-state index in [2.05, 4.69) is 20.5 Å². The summed E-state index contributed by atoms with van der Waals surface area (Å²) in [6.07, 6.45) is 2.17. The molecule has 0 spiro atoms. The van der Waals surface area contributed by atoms with E-state index in [1.807, 2.05) is 6.92 Å². The van der Waals surface area contributed by atoms with E-state index in [9.17, 15) is 9.18 Å². The zero-order valence-corrected chi connectivity index (χ0v) is 15.1. The summed E-state index contributed by atoms with van der Waals surface area (Å²) in [7, 11) is 2.81. The van der Waals surface area contributed by atoms with E-state index in [0.717, 1.165) is 6.42 Å². The molecule has 0 radical (unpaired) electrons. The first kappa shape index (κ1) is 18.4. The Kier molecular flexibility index (Phi) is 5.06. The number of rotatable bonds is 6. The Balaban J connectivity index is 2.25. The lowest BCUT2D eigenvalue weighted by Crippen LogP contribution is -2.25. The number of imidazole rings is 1. The summed E-state index contributed by atoms with van der Waals surface area (Å²) in [5.74, 6) is -0.648. The molecule has 0 atom stereocenters. The Labute approximate surface area is 154 Å². The van der Waals surface area contributed by atoms with Crippen LogP contribution in [0.15, 0.2) is 18.3 Å². The zero-order chi connectivity index (χ0) is 19.6. The molecule has 0 fully saturated rings. The summed E-state index contributed by atoms with van der Waals surface area (Å²) < 4.78 is 26.5. The average Bonchev–Trinajstić information content (AvgIpc) is 3.02. The number of ether oxygens (including phenoxy) is 2. The summed E-state index contributed by atoms with van der Waals surface area (Å²) in [5.41, 5.74) is 6.59. The fraction of sp³-hybridized carbons (Fsp3) is 0.294. The van der Waals surface area contributed by atoms with Gasteiger partial charge in [-0.05, 0) is 12.5 Å². The molecule has 3 N–H and O–H groups in total. The average molecular weight is 374 g/mol. The number of amides is 1. The molecule has 9 nitrogen and oxygen atoms in total. The third kappa shape index (κ3) is 3.21. The third-order valence-electron chi connectivity index (χ3n) is 3.94. The number of methoxy groups -OCH3 is 2. The van der Waals surface area contributed by atoms with Crippen molar-refractivity contribution in [3.8, 4) is 22.9 Å². The summed E-state index contributed by atoms with van der Waals surface area (Å²) in [5, 5.41) is 10.4. The molecule has 142 valence electrons. The van der Waals surface area contributed by atoms with Gasteiger partial charge in [0.25, 0.3) is 5.91 Å². The van der Waals surface area contributed by atoms with Gasteiger partial charge in [0.2, 0.25) is 11.8 Å². The number of hydrogen-bond acceptors (Lipinski definition) is 7. The molecule has 3 rings (SSSR count). The molecule has 0 aliphatic carbocycles.